The van der Waals surface area contributed by atoms with Crippen molar-refractivity contribution in [3.8, 4) is 11.8 Å². The van der Waals surface area contributed by atoms with E-state index >= 15 is 0 Å². The van der Waals surface area contributed by atoms with Crippen molar-refractivity contribution in [2.45, 2.75) is 17.4 Å². The fraction of sp³-hybridized carbons (Fsp3) is 0.167. The zero-order chi connectivity index (χ0) is 27.4. The molecule has 2 aromatic rings. The third kappa shape index (κ3) is 5.05. The van der Waals surface area contributed by atoms with E-state index in [1.54, 1.807) is 42.5 Å². The number of nitriles is 1. The van der Waals surface area contributed by atoms with Crippen LogP contribution in [0.1, 0.15) is 0 Å². The van der Waals surface area contributed by atoms with E-state index in [-0.39, 0.29) is 9.80 Å². The zero-order valence-electron chi connectivity index (χ0n) is 19.2. The van der Waals surface area contributed by atoms with Gasteiger partial charge in [0.15, 0.2) is 5.75 Å². The molecule has 4 atom stereocenters. The largest absolute Gasteiger partial charge is 0.375 e. The van der Waals surface area contributed by atoms with Crippen LogP contribution in [0, 0.1) is 29.7 Å². The molecule has 2 amide bonds. The molecule has 0 spiro atoms. The second-order valence-electron chi connectivity index (χ2n) is 7.87. The van der Waals surface area contributed by atoms with E-state index in [4.69, 9.17) is 15.8 Å². The predicted molar refractivity (Wildman–Crippen MR) is 130 cm³/mol. The van der Waals surface area contributed by atoms with E-state index in [1.807, 2.05) is 0 Å². The number of amides is 2. The molecule has 2 aromatic carbocycles. The fourth-order valence-corrected chi connectivity index (χ4v) is 5.42. The number of fused-ring (bicyclic) bond motifs is 1. The summed E-state index contributed by atoms with van der Waals surface area (Å²) >= 11 is 0.470. The van der Waals surface area contributed by atoms with Crippen molar-refractivity contribution in [1.82, 2.24) is 10.0 Å². The van der Waals surface area contributed by atoms with Crippen molar-refractivity contribution in [3.05, 3.63) is 94.2 Å². The van der Waals surface area contributed by atoms with Crippen molar-refractivity contribution >= 4 is 33.7 Å². The van der Waals surface area contributed by atoms with E-state index in [9.17, 15) is 33.5 Å². The van der Waals surface area contributed by atoms with Gasteiger partial charge in [0, 0.05) is 0 Å². The Bertz CT molecular complexity index is 1480. The quantitative estimate of drug-likeness (QED) is 0.122. The highest BCUT2D eigenvalue weighted by Crippen LogP contribution is 2.39. The van der Waals surface area contributed by atoms with E-state index in [0.29, 0.717) is 27.8 Å². The summed E-state index contributed by atoms with van der Waals surface area (Å²) in [6.45, 7) is 7.32. The Kier molecular flexibility index (Phi) is 7.94. The summed E-state index contributed by atoms with van der Waals surface area (Å²) in [4.78, 5) is 33.7. The molecule has 38 heavy (non-hydrogen) atoms. The number of benzene rings is 2. The zero-order valence-corrected chi connectivity index (χ0v) is 20.8. The molecule has 4 rings (SSSR count). The van der Waals surface area contributed by atoms with Crippen LogP contribution in [0.2, 0.25) is 0 Å². The number of carbonyl (C=O) groups is 2. The molecule has 12 nitrogen and oxygen atoms in total. The van der Waals surface area contributed by atoms with Crippen molar-refractivity contribution in [2.75, 3.05) is 0 Å². The van der Waals surface area contributed by atoms with Gasteiger partial charge in [0.2, 0.25) is 9.84 Å². The Morgan fingerprint density at radius 3 is 2.08 bits per heavy atom. The second kappa shape index (κ2) is 11.2. The number of nitrogens with zero attached hydrogens (tertiary/aromatic N) is 4. The molecule has 0 bridgehead atoms. The van der Waals surface area contributed by atoms with Gasteiger partial charge in [-0.3, -0.25) is 9.59 Å². The number of hydrogen-bond donors (Lipinski definition) is 2. The molecule has 0 aromatic heterocycles. The van der Waals surface area contributed by atoms with Gasteiger partial charge in [0.1, 0.15) is 29.3 Å². The maximum absolute atomic E-state index is 13.0. The highest BCUT2D eigenvalue weighted by atomic mass is 32.2. The molecule has 2 aliphatic heterocycles. The number of hydrogen-bond acceptors (Lipinski definition) is 11. The molecule has 2 fully saturated rings. The standard InChI is InChI=1S/C24H18N4O8S2/c1-26-20(38(33,34)17-10-6-3-7-11-17)13-19-23(31)27-21(29)18(22(30)28(27)24(19)32)12-16(14-25)37-36-35-15-8-4-2-5-9-15/h2-13,18-19,21,23,29,31H/b16-12+,20-13+. The summed E-state index contributed by atoms with van der Waals surface area (Å²) in [6.07, 6.45) is -1.82. The van der Waals surface area contributed by atoms with Crippen LogP contribution in [0.5, 0.6) is 5.75 Å². The van der Waals surface area contributed by atoms with E-state index in [1.165, 1.54) is 24.3 Å². The number of carbonyl (C=O) groups excluding carboxylic acids is 2. The topological polar surface area (TPSA) is 162 Å². The van der Waals surface area contributed by atoms with Crippen LogP contribution in [0.3, 0.4) is 0 Å². The van der Waals surface area contributed by atoms with Crippen molar-refractivity contribution in [3.63, 3.8) is 0 Å². The average Bonchev–Trinajstić information content (AvgIpc) is 3.32. The lowest BCUT2D eigenvalue weighted by Gasteiger charge is -2.23. The average molecular weight is 555 g/mol. The first-order chi connectivity index (χ1) is 18.2. The predicted octanol–water partition coefficient (Wildman–Crippen LogP) is 1.76. The van der Waals surface area contributed by atoms with Crippen molar-refractivity contribution in [2.24, 2.45) is 11.8 Å². The molecule has 2 saturated heterocycles. The van der Waals surface area contributed by atoms with Crippen LogP contribution in [0.25, 0.3) is 4.85 Å². The van der Waals surface area contributed by atoms with Crippen LogP contribution in [0.4, 0.5) is 0 Å². The first-order valence-electron chi connectivity index (χ1n) is 10.8. The lowest BCUT2D eigenvalue weighted by molar-refractivity contribution is -0.166. The summed E-state index contributed by atoms with van der Waals surface area (Å²) < 4.78 is 30.6. The van der Waals surface area contributed by atoms with Crippen molar-refractivity contribution in [1.29, 1.82) is 5.26 Å². The van der Waals surface area contributed by atoms with Gasteiger partial charge >= 0.3 is 0 Å². The van der Waals surface area contributed by atoms with Gasteiger partial charge in [-0.05, 0) is 36.4 Å². The number of aliphatic hydroxyl groups excluding tert-OH is 2. The fourth-order valence-electron chi connectivity index (χ4n) is 3.79. The Morgan fingerprint density at radius 2 is 1.55 bits per heavy atom. The molecule has 0 aliphatic carbocycles. The highest BCUT2D eigenvalue weighted by molar-refractivity contribution is 7.98. The summed E-state index contributed by atoms with van der Waals surface area (Å²) in [6, 6.07) is 17.2. The minimum Gasteiger partial charge on any atom is -0.375 e. The Hall–Kier alpha value is -4.02. The highest BCUT2D eigenvalue weighted by Gasteiger charge is 2.59. The number of sulfone groups is 1. The molecule has 0 saturated carbocycles. The lowest BCUT2D eigenvalue weighted by Crippen LogP contribution is -2.43. The number of rotatable bonds is 8. The number of aliphatic hydroxyl groups is 2. The minimum atomic E-state index is -4.31. The van der Waals surface area contributed by atoms with Gasteiger partial charge in [0.05, 0.1) is 29.4 Å². The molecular weight excluding hydrogens is 536 g/mol. The first kappa shape index (κ1) is 27.0. The molecule has 14 heteroatoms. The van der Waals surface area contributed by atoms with Crippen LogP contribution in [-0.2, 0) is 23.8 Å². The number of allylic oxidation sites excluding steroid dienone is 1. The molecule has 2 aliphatic rings. The second-order valence-corrected chi connectivity index (χ2v) is 10.5. The van der Waals surface area contributed by atoms with Gasteiger partial charge in [-0.2, -0.15) is 10.3 Å². The first-order valence-corrected chi connectivity index (χ1v) is 13.0. The van der Waals surface area contributed by atoms with Gasteiger partial charge < -0.3 is 15.1 Å². The van der Waals surface area contributed by atoms with Crippen LogP contribution in [-0.4, -0.2) is 52.9 Å². The van der Waals surface area contributed by atoms with E-state index in [2.05, 4.69) is 4.85 Å². The third-order valence-corrected chi connectivity index (χ3v) is 7.82. The SMILES string of the molecule is [C-]#[N+]/C(=C\C1C(=O)N2C(=O)C(/C=C(\C#N)SOOc3ccccc3)C(O)N2C1O)S(=O)(=O)c1ccccc1. The van der Waals surface area contributed by atoms with E-state index in [0.717, 1.165) is 12.2 Å². The van der Waals surface area contributed by atoms with E-state index < -0.39 is 51.0 Å². The molecule has 0 radical (unpaired) electrons. The van der Waals surface area contributed by atoms with Crippen LogP contribution >= 0.6 is 12.0 Å². The number of hydrazine groups is 1. The molecule has 2 N–H and O–H groups in total. The summed E-state index contributed by atoms with van der Waals surface area (Å²) in [5.41, 5.74) is 0. The van der Waals surface area contributed by atoms with Crippen LogP contribution < -0.4 is 4.89 Å². The van der Waals surface area contributed by atoms with Gasteiger partial charge in [0.25, 0.3) is 16.8 Å². The molecule has 4 unspecified atom stereocenters. The smallest absolute Gasteiger partial charge is 0.280 e. The molecular formula is C24H18N4O8S2. The molecule has 2 heterocycles. The number of imide groups is 1. The summed E-state index contributed by atoms with van der Waals surface area (Å²) in [7, 11) is -4.31. The molecule has 194 valence electrons. The van der Waals surface area contributed by atoms with Gasteiger partial charge in [-0.1, -0.05) is 36.4 Å². The van der Waals surface area contributed by atoms with Crippen molar-refractivity contribution < 1.29 is 37.4 Å². The Balaban J connectivity index is 1.53. The third-order valence-electron chi connectivity index (χ3n) is 5.60. The van der Waals surface area contributed by atoms with Crippen LogP contribution in [0.15, 0.2) is 87.6 Å². The Labute approximate surface area is 221 Å². The summed E-state index contributed by atoms with van der Waals surface area (Å²) in [5, 5.41) is 31.2. The normalized spacial score (nSPS) is 24.2. The summed E-state index contributed by atoms with van der Waals surface area (Å²) in [5.74, 6) is -4.73. The number of para-hydroxylation sites is 1. The monoisotopic (exact) mass is 554 g/mol. The minimum absolute atomic E-state index is 0.177. The lowest BCUT2D eigenvalue weighted by atomic mass is 10.0. The maximum Gasteiger partial charge on any atom is 0.280 e. The van der Waals surface area contributed by atoms with Gasteiger partial charge in [-0.25, -0.2) is 18.3 Å². The maximum atomic E-state index is 13.0. The van der Waals surface area contributed by atoms with Gasteiger partial charge in [-0.15, -0.1) is 4.33 Å². The Morgan fingerprint density at radius 1 is 1.00 bits per heavy atom.